The fourth-order valence-electron chi connectivity index (χ4n) is 2.52. The number of carbonyl (C=O) groups is 2. The molecule has 0 fully saturated rings. The molecule has 0 atom stereocenters. The van der Waals surface area contributed by atoms with Crippen molar-refractivity contribution in [1.29, 1.82) is 0 Å². The smallest absolute Gasteiger partial charge is 0.337 e. The van der Waals surface area contributed by atoms with Crippen LogP contribution in [0.25, 0.3) is 0 Å². The fraction of sp³-hybridized carbons (Fsp3) is 0.524. The van der Waals surface area contributed by atoms with Crippen molar-refractivity contribution in [3.63, 3.8) is 0 Å². The standard InChI is InChI=1S/C21H30O5/c1-3-20(22)26-16-11-9-7-5-4-6-8-10-15-25-19-14-12-13-18(17-19)21(23)24-2/h3,12-14,17H,1,4-11,15-16H2,2H3. The van der Waals surface area contributed by atoms with Crippen LogP contribution >= 0.6 is 0 Å². The summed E-state index contributed by atoms with van der Waals surface area (Å²) in [6.07, 6.45) is 10.1. The quantitative estimate of drug-likeness (QED) is 0.273. The van der Waals surface area contributed by atoms with Gasteiger partial charge in [-0.1, -0.05) is 51.2 Å². The van der Waals surface area contributed by atoms with Crippen molar-refractivity contribution < 1.29 is 23.8 Å². The van der Waals surface area contributed by atoms with Crippen LogP contribution in [0.4, 0.5) is 0 Å². The Kier molecular flexibility index (Phi) is 11.6. The van der Waals surface area contributed by atoms with Gasteiger partial charge in [-0.05, 0) is 31.0 Å². The molecule has 0 saturated heterocycles. The first-order chi connectivity index (χ1) is 12.7. The van der Waals surface area contributed by atoms with E-state index < -0.39 is 0 Å². The second-order valence-electron chi connectivity index (χ2n) is 6.07. The summed E-state index contributed by atoms with van der Waals surface area (Å²) in [5, 5.41) is 0. The van der Waals surface area contributed by atoms with Gasteiger partial charge in [0.05, 0.1) is 25.9 Å². The topological polar surface area (TPSA) is 61.8 Å². The Bertz CT molecular complexity index is 553. The lowest BCUT2D eigenvalue weighted by Crippen LogP contribution is -2.02. The van der Waals surface area contributed by atoms with E-state index in [4.69, 9.17) is 14.2 Å². The lowest BCUT2D eigenvalue weighted by atomic mass is 10.1. The summed E-state index contributed by atoms with van der Waals surface area (Å²) in [6, 6.07) is 7.05. The third-order valence-corrected chi connectivity index (χ3v) is 3.97. The molecule has 144 valence electrons. The molecule has 0 bridgehead atoms. The predicted molar refractivity (Wildman–Crippen MR) is 101 cm³/mol. The van der Waals surface area contributed by atoms with Crippen LogP contribution in [0, 0.1) is 0 Å². The van der Waals surface area contributed by atoms with Crippen molar-refractivity contribution in [2.45, 2.75) is 51.4 Å². The SMILES string of the molecule is C=CC(=O)OCCCCCCCCCCOc1cccc(C(=O)OC)c1. The van der Waals surface area contributed by atoms with Crippen LogP contribution in [0.3, 0.4) is 0 Å². The molecule has 0 aliphatic carbocycles. The van der Waals surface area contributed by atoms with E-state index in [1.54, 1.807) is 18.2 Å². The van der Waals surface area contributed by atoms with E-state index in [9.17, 15) is 9.59 Å². The Morgan fingerprint density at radius 2 is 1.58 bits per heavy atom. The Hall–Kier alpha value is -2.30. The first kappa shape index (κ1) is 21.7. The minimum absolute atomic E-state index is 0.343. The fourth-order valence-corrected chi connectivity index (χ4v) is 2.52. The minimum atomic E-state index is -0.352. The molecule has 0 amide bonds. The Balaban J connectivity index is 1.96. The summed E-state index contributed by atoms with van der Waals surface area (Å²) in [6.45, 7) is 4.50. The van der Waals surface area contributed by atoms with Crippen molar-refractivity contribution in [3.8, 4) is 5.75 Å². The molecule has 0 unspecified atom stereocenters. The van der Waals surface area contributed by atoms with Crippen LogP contribution in [0.15, 0.2) is 36.9 Å². The van der Waals surface area contributed by atoms with Gasteiger partial charge >= 0.3 is 11.9 Å². The van der Waals surface area contributed by atoms with E-state index in [0.717, 1.165) is 25.7 Å². The molecule has 0 N–H and O–H groups in total. The van der Waals surface area contributed by atoms with E-state index in [-0.39, 0.29) is 11.9 Å². The van der Waals surface area contributed by atoms with E-state index in [2.05, 4.69) is 6.58 Å². The number of hydrogen-bond acceptors (Lipinski definition) is 5. The molecular weight excluding hydrogens is 332 g/mol. The van der Waals surface area contributed by atoms with Gasteiger partial charge < -0.3 is 14.2 Å². The number of rotatable bonds is 14. The second kappa shape index (κ2) is 13.9. The molecule has 0 aliphatic rings. The molecule has 0 aromatic heterocycles. The van der Waals surface area contributed by atoms with Gasteiger partial charge in [0.2, 0.25) is 0 Å². The number of ether oxygens (including phenoxy) is 3. The number of unbranched alkanes of at least 4 members (excludes halogenated alkanes) is 7. The van der Waals surface area contributed by atoms with Gasteiger partial charge in [0.1, 0.15) is 5.75 Å². The average molecular weight is 362 g/mol. The van der Waals surface area contributed by atoms with Crippen LogP contribution < -0.4 is 4.74 Å². The molecule has 5 nitrogen and oxygen atoms in total. The highest BCUT2D eigenvalue weighted by Gasteiger charge is 2.05. The van der Waals surface area contributed by atoms with E-state index in [1.807, 2.05) is 6.07 Å². The summed E-state index contributed by atoms with van der Waals surface area (Å²) < 4.78 is 15.3. The van der Waals surface area contributed by atoms with Gasteiger partial charge in [-0.3, -0.25) is 0 Å². The summed E-state index contributed by atoms with van der Waals surface area (Å²) in [5.41, 5.74) is 0.504. The Morgan fingerprint density at radius 1 is 0.962 bits per heavy atom. The van der Waals surface area contributed by atoms with Crippen LogP contribution in [-0.2, 0) is 14.3 Å². The van der Waals surface area contributed by atoms with Crippen molar-refractivity contribution in [2.75, 3.05) is 20.3 Å². The first-order valence-electron chi connectivity index (χ1n) is 9.27. The molecule has 0 radical (unpaired) electrons. The molecule has 5 heteroatoms. The maximum atomic E-state index is 11.5. The second-order valence-corrected chi connectivity index (χ2v) is 6.07. The van der Waals surface area contributed by atoms with Gasteiger partial charge in [-0.15, -0.1) is 0 Å². The zero-order chi connectivity index (χ0) is 19.0. The first-order valence-corrected chi connectivity index (χ1v) is 9.27. The third kappa shape index (κ3) is 9.87. The van der Waals surface area contributed by atoms with Gasteiger partial charge in [0, 0.05) is 6.08 Å². The lowest BCUT2D eigenvalue weighted by molar-refractivity contribution is -0.137. The average Bonchev–Trinajstić information content (AvgIpc) is 2.68. The number of methoxy groups -OCH3 is 1. The third-order valence-electron chi connectivity index (χ3n) is 3.97. The monoisotopic (exact) mass is 362 g/mol. The summed E-state index contributed by atoms with van der Waals surface area (Å²) >= 11 is 0. The van der Waals surface area contributed by atoms with Crippen LogP contribution in [0.5, 0.6) is 5.75 Å². The van der Waals surface area contributed by atoms with Crippen LogP contribution in [0.1, 0.15) is 61.7 Å². The number of hydrogen-bond donors (Lipinski definition) is 0. The highest BCUT2D eigenvalue weighted by atomic mass is 16.5. The Labute approximate surface area is 156 Å². The van der Waals surface area contributed by atoms with Gasteiger partial charge in [0.15, 0.2) is 0 Å². The van der Waals surface area contributed by atoms with Crippen molar-refractivity contribution in [2.24, 2.45) is 0 Å². The Morgan fingerprint density at radius 3 is 2.19 bits per heavy atom. The molecule has 0 aliphatic heterocycles. The molecular formula is C21H30O5. The van der Waals surface area contributed by atoms with Gasteiger partial charge in [-0.2, -0.15) is 0 Å². The summed E-state index contributed by atoms with van der Waals surface area (Å²) in [7, 11) is 1.37. The number of carbonyl (C=O) groups excluding carboxylic acids is 2. The van der Waals surface area contributed by atoms with E-state index in [1.165, 1.54) is 38.9 Å². The molecule has 1 aromatic carbocycles. The van der Waals surface area contributed by atoms with E-state index in [0.29, 0.717) is 24.5 Å². The number of benzene rings is 1. The summed E-state index contributed by atoms with van der Waals surface area (Å²) in [5.74, 6) is 0.00335. The largest absolute Gasteiger partial charge is 0.494 e. The lowest BCUT2D eigenvalue weighted by Gasteiger charge is -2.07. The zero-order valence-electron chi connectivity index (χ0n) is 15.7. The molecule has 1 aromatic rings. The number of esters is 2. The highest BCUT2D eigenvalue weighted by Crippen LogP contribution is 2.15. The van der Waals surface area contributed by atoms with Gasteiger partial charge in [-0.25, -0.2) is 9.59 Å². The van der Waals surface area contributed by atoms with Crippen LogP contribution in [-0.4, -0.2) is 32.3 Å². The molecule has 0 heterocycles. The maximum absolute atomic E-state index is 11.5. The summed E-state index contributed by atoms with van der Waals surface area (Å²) in [4.78, 5) is 22.3. The van der Waals surface area contributed by atoms with Gasteiger partial charge in [0.25, 0.3) is 0 Å². The van der Waals surface area contributed by atoms with Crippen molar-refractivity contribution >= 4 is 11.9 Å². The van der Waals surface area contributed by atoms with Crippen molar-refractivity contribution in [1.82, 2.24) is 0 Å². The maximum Gasteiger partial charge on any atom is 0.337 e. The van der Waals surface area contributed by atoms with Crippen molar-refractivity contribution in [3.05, 3.63) is 42.5 Å². The predicted octanol–water partition coefficient (Wildman–Crippen LogP) is 4.70. The molecule has 1 rings (SSSR count). The minimum Gasteiger partial charge on any atom is -0.494 e. The molecule has 0 saturated carbocycles. The normalized spacial score (nSPS) is 10.2. The van der Waals surface area contributed by atoms with E-state index >= 15 is 0 Å². The van der Waals surface area contributed by atoms with Crippen LogP contribution in [0.2, 0.25) is 0 Å². The molecule has 0 spiro atoms. The molecule has 26 heavy (non-hydrogen) atoms. The zero-order valence-corrected chi connectivity index (χ0v) is 15.7. The highest BCUT2D eigenvalue weighted by molar-refractivity contribution is 5.89.